The summed E-state index contributed by atoms with van der Waals surface area (Å²) in [7, 11) is 0. The van der Waals surface area contributed by atoms with E-state index >= 15 is 0 Å². The fourth-order valence-electron chi connectivity index (χ4n) is 2.81. The number of nitrogens with one attached hydrogen (secondary N) is 1. The number of nitro benzene ring substituents is 4. The molecule has 1 N–H and O–H groups in total. The number of azo groups is 1. The van der Waals surface area contributed by atoms with Crippen molar-refractivity contribution in [1.82, 2.24) is 0 Å². The fraction of sp³-hybridized carbons (Fsp3) is 0. The molecule has 0 aromatic heterocycles. The van der Waals surface area contributed by atoms with Crippen LogP contribution in [0.2, 0.25) is 0 Å². The van der Waals surface area contributed by atoms with E-state index in [-0.39, 0.29) is 11.4 Å². The molecule has 0 bridgehead atoms. The second-order valence-electron chi connectivity index (χ2n) is 7.01. The molecule has 0 heterocycles. The average molecular weight is 525 g/mol. The minimum Gasteiger partial charge on any atom is -0.338 e. The Morgan fingerprint density at radius 3 is 1.82 bits per heavy atom. The molecule has 3 rings (SSSR count). The Morgan fingerprint density at radius 2 is 1.29 bits per heavy atom. The Kier molecular flexibility index (Phi) is 7.66. The van der Waals surface area contributed by atoms with Gasteiger partial charge in [-0.3, -0.25) is 45.3 Å². The Labute approximate surface area is 208 Å². The van der Waals surface area contributed by atoms with Crippen LogP contribution in [-0.4, -0.2) is 31.6 Å². The molecule has 0 radical (unpaired) electrons. The van der Waals surface area contributed by atoms with Crippen LogP contribution in [0.4, 0.5) is 34.1 Å². The number of hydrogen-bond acceptors (Lipinski definition) is 13. The van der Waals surface area contributed by atoms with Gasteiger partial charge >= 0.3 is 11.9 Å². The van der Waals surface area contributed by atoms with E-state index in [1.165, 1.54) is 24.3 Å². The number of rotatable bonds is 9. The van der Waals surface area contributed by atoms with Crippen LogP contribution in [0.25, 0.3) is 0 Å². The van der Waals surface area contributed by atoms with Crippen molar-refractivity contribution in [3.05, 3.63) is 112 Å². The molecule has 1 amide bonds. The van der Waals surface area contributed by atoms with Crippen molar-refractivity contribution < 1.29 is 34.1 Å². The average Bonchev–Trinajstić information content (AvgIpc) is 2.90. The van der Waals surface area contributed by atoms with Gasteiger partial charge in [0.25, 0.3) is 22.7 Å². The van der Waals surface area contributed by atoms with Gasteiger partial charge in [0.1, 0.15) is 5.56 Å². The van der Waals surface area contributed by atoms with Gasteiger partial charge in [-0.15, -0.1) is 10.2 Å². The monoisotopic (exact) mass is 525 g/mol. The van der Waals surface area contributed by atoms with Crippen LogP contribution in [-0.2, 0) is 4.84 Å². The molecule has 0 fully saturated rings. The van der Waals surface area contributed by atoms with Crippen LogP contribution in [0.3, 0.4) is 0 Å². The Balaban J connectivity index is 1.68. The predicted octanol–water partition coefficient (Wildman–Crippen LogP) is 4.43. The van der Waals surface area contributed by atoms with Crippen molar-refractivity contribution in [1.29, 1.82) is 0 Å². The van der Waals surface area contributed by atoms with E-state index < -0.39 is 65.4 Å². The predicted molar refractivity (Wildman–Crippen MR) is 124 cm³/mol. The molecular weight excluding hydrogens is 514 g/mol. The van der Waals surface area contributed by atoms with Gasteiger partial charge in [0.15, 0.2) is 0 Å². The summed E-state index contributed by atoms with van der Waals surface area (Å²) in [6.45, 7) is 0. The number of nitro groups is 4. The lowest BCUT2D eigenvalue weighted by atomic mass is 10.1. The summed E-state index contributed by atoms with van der Waals surface area (Å²) in [4.78, 5) is 69.4. The highest BCUT2D eigenvalue weighted by molar-refractivity contribution is 5.99. The molecule has 3 aromatic carbocycles. The van der Waals surface area contributed by atoms with Crippen LogP contribution in [0.1, 0.15) is 20.7 Å². The number of non-ortho nitro benzene ring substituents is 3. The van der Waals surface area contributed by atoms with E-state index in [4.69, 9.17) is 4.84 Å². The van der Waals surface area contributed by atoms with Gasteiger partial charge in [0.2, 0.25) is 0 Å². The maximum absolute atomic E-state index is 12.2. The first-order valence-corrected chi connectivity index (χ1v) is 9.86. The molecule has 0 unspecified atom stereocenters. The largest absolute Gasteiger partial charge is 0.363 e. The molecule has 192 valence electrons. The molecule has 0 aliphatic rings. The summed E-state index contributed by atoms with van der Waals surface area (Å²) in [5.74, 6) is -2.29. The first-order valence-electron chi connectivity index (χ1n) is 9.86. The molecule has 18 heteroatoms. The molecule has 0 aliphatic heterocycles. The molecule has 0 saturated heterocycles. The Hall–Kier alpha value is -6.20. The smallest absolute Gasteiger partial charge is 0.338 e. The zero-order valence-corrected chi connectivity index (χ0v) is 18.4. The Morgan fingerprint density at radius 1 is 0.711 bits per heavy atom. The van der Waals surface area contributed by atoms with Gasteiger partial charge in [0, 0.05) is 18.2 Å². The second kappa shape index (κ2) is 11.0. The molecular formula is C20H11N7O11. The summed E-state index contributed by atoms with van der Waals surface area (Å²) >= 11 is 0. The van der Waals surface area contributed by atoms with Crippen molar-refractivity contribution in [2.45, 2.75) is 0 Å². The van der Waals surface area contributed by atoms with Crippen LogP contribution in [0, 0.1) is 40.5 Å². The van der Waals surface area contributed by atoms with E-state index in [1.54, 1.807) is 0 Å². The summed E-state index contributed by atoms with van der Waals surface area (Å²) in [5.41, 5.74) is -1.26. The quantitative estimate of drug-likeness (QED) is 0.231. The van der Waals surface area contributed by atoms with Crippen molar-refractivity contribution >= 4 is 46.0 Å². The number of hydrogen-bond donors (Lipinski definition) is 1. The maximum atomic E-state index is 12.2. The third kappa shape index (κ3) is 6.27. The van der Waals surface area contributed by atoms with Crippen LogP contribution >= 0.6 is 0 Å². The molecule has 38 heavy (non-hydrogen) atoms. The van der Waals surface area contributed by atoms with Crippen LogP contribution in [0.5, 0.6) is 0 Å². The first-order chi connectivity index (χ1) is 18.0. The highest BCUT2D eigenvalue weighted by atomic mass is 16.7. The van der Waals surface area contributed by atoms with Crippen LogP contribution in [0.15, 0.2) is 70.9 Å². The standard InChI is InChI=1S/C20H11N7O11/c28-19(17-6-5-14(24(30)31)10-18(17)27(36)37)22-21-12-1-3-13(4-2-12)23-38-20(29)11-7-15(25(32)33)9-16(8-11)26(34)35/h1-10,23H. The van der Waals surface area contributed by atoms with Crippen LogP contribution < -0.4 is 5.48 Å². The normalized spacial score (nSPS) is 10.5. The third-order valence-electron chi connectivity index (χ3n) is 4.56. The summed E-state index contributed by atoms with van der Waals surface area (Å²) in [5, 5.41) is 50.9. The van der Waals surface area contributed by atoms with E-state index in [1.807, 2.05) is 0 Å². The molecule has 0 saturated carbocycles. The first kappa shape index (κ1) is 26.4. The third-order valence-corrected chi connectivity index (χ3v) is 4.56. The fourth-order valence-corrected chi connectivity index (χ4v) is 2.81. The second-order valence-corrected chi connectivity index (χ2v) is 7.01. The van der Waals surface area contributed by atoms with Gasteiger partial charge in [-0.25, -0.2) is 10.3 Å². The van der Waals surface area contributed by atoms with Gasteiger partial charge in [-0.1, -0.05) is 0 Å². The van der Waals surface area contributed by atoms with E-state index in [9.17, 15) is 50.0 Å². The molecule has 18 nitrogen and oxygen atoms in total. The number of nitrogens with zero attached hydrogens (tertiary/aromatic N) is 6. The molecule has 3 aromatic rings. The zero-order chi connectivity index (χ0) is 28.0. The van der Waals surface area contributed by atoms with Crippen molar-refractivity contribution in [3.63, 3.8) is 0 Å². The Bertz CT molecular complexity index is 1490. The minimum atomic E-state index is -1.16. The summed E-state index contributed by atoms with van der Waals surface area (Å²) in [6, 6.07) is 9.92. The highest BCUT2D eigenvalue weighted by Crippen LogP contribution is 2.26. The number of benzene rings is 3. The number of carbonyl (C=O) groups excluding carboxylic acids is 2. The maximum Gasteiger partial charge on any atom is 0.363 e. The van der Waals surface area contributed by atoms with Crippen molar-refractivity contribution in [2.24, 2.45) is 10.2 Å². The lowest BCUT2D eigenvalue weighted by Gasteiger charge is -2.07. The van der Waals surface area contributed by atoms with Gasteiger partial charge in [-0.05, 0) is 30.3 Å². The topological polar surface area (TPSA) is 253 Å². The molecule has 0 atom stereocenters. The highest BCUT2D eigenvalue weighted by Gasteiger charge is 2.24. The van der Waals surface area contributed by atoms with E-state index in [0.29, 0.717) is 12.1 Å². The zero-order valence-electron chi connectivity index (χ0n) is 18.4. The number of amides is 1. The SMILES string of the molecule is O=C(ONc1ccc(N=NC(=O)c2ccc([N+](=O)[O-])cc2[N+](=O)[O-])cc1)c1cc([N+](=O)[O-])cc([N+](=O)[O-])c1. The number of anilines is 1. The molecule has 0 aliphatic carbocycles. The summed E-state index contributed by atoms with van der Waals surface area (Å²) in [6.07, 6.45) is 0. The lowest BCUT2D eigenvalue weighted by molar-refractivity contribution is -0.394. The minimum absolute atomic E-state index is 0.0918. The van der Waals surface area contributed by atoms with Gasteiger partial charge in [-0.2, -0.15) is 0 Å². The van der Waals surface area contributed by atoms with Crippen molar-refractivity contribution in [3.8, 4) is 0 Å². The van der Waals surface area contributed by atoms with Gasteiger partial charge < -0.3 is 4.84 Å². The lowest BCUT2D eigenvalue weighted by Crippen LogP contribution is -2.11. The van der Waals surface area contributed by atoms with Crippen molar-refractivity contribution in [2.75, 3.05) is 5.48 Å². The van der Waals surface area contributed by atoms with E-state index in [2.05, 4.69) is 15.7 Å². The van der Waals surface area contributed by atoms with E-state index in [0.717, 1.165) is 24.3 Å². The van der Waals surface area contributed by atoms with Gasteiger partial charge in [0.05, 0.1) is 48.8 Å². The molecule has 0 spiro atoms. The number of carbonyl (C=O) groups is 2. The summed E-state index contributed by atoms with van der Waals surface area (Å²) < 4.78 is 0.